The Kier molecular flexibility index (Phi) is 5.80. The molecular weight excluding hydrogens is 465 g/mol. The average molecular weight is 488 g/mol. The van der Waals surface area contributed by atoms with E-state index in [1.807, 2.05) is 42.5 Å². The Bertz CT molecular complexity index is 1570. The van der Waals surface area contributed by atoms with Gasteiger partial charge in [0.2, 0.25) is 10.0 Å². The van der Waals surface area contributed by atoms with Gasteiger partial charge >= 0.3 is 0 Å². The number of allylic oxidation sites excluding steroid dienone is 2. The smallest absolute Gasteiger partial charge is 0.234 e. The van der Waals surface area contributed by atoms with Crippen LogP contribution in [0.2, 0.25) is 0 Å². The first-order valence-corrected chi connectivity index (χ1v) is 12.4. The number of primary sulfonamides is 1. The van der Waals surface area contributed by atoms with Gasteiger partial charge in [0, 0.05) is 47.5 Å². The molecule has 0 bridgehead atoms. The number of pyridine rings is 2. The van der Waals surface area contributed by atoms with E-state index in [0.717, 1.165) is 16.9 Å². The van der Waals surface area contributed by atoms with Crippen molar-refractivity contribution in [2.75, 3.05) is 10.6 Å². The topological polar surface area (TPSA) is 110 Å². The number of hydrogen-bond acceptors (Lipinski definition) is 6. The zero-order valence-electron chi connectivity index (χ0n) is 18.5. The number of aromatic nitrogens is 2. The molecule has 176 valence electrons. The van der Waals surface area contributed by atoms with Crippen molar-refractivity contribution < 1.29 is 12.8 Å². The van der Waals surface area contributed by atoms with Crippen LogP contribution in [0.4, 0.5) is 21.5 Å². The quantitative estimate of drug-likeness (QED) is 0.355. The van der Waals surface area contributed by atoms with Crippen LogP contribution in [0.25, 0.3) is 10.9 Å². The standard InChI is InChI=1S/C26H22FN5O2S/c27-19-6-7-24-23(16-19)25(10-14-30-24)32-26(11-2-5-22(17-26)35(28,33)34)18-3-1-4-21(15-18)31-20-8-12-29-13-9-20/h1-16H,17H2,(H,29,31)(H,30,32)(H2,28,33,34). The van der Waals surface area contributed by atoms with Gasteiger partial charge in [-0.1, -0.05) is 24.3 Å². The lowest BCUT2D eigenvalue weighted by Gasteiger charge is -2.36. The van der Waals surface area contributed by atoms with Crippen molar-refractivity contribution in [1.29, 1.82) is 0 Å². The maximum Gasteiger partial charge on any atom is 0.234 e. The number of nitrogens with two attached hydrogens (primary N) is 1. The second kappa shape index (κ2) is 8.94. The molecular formula is C26H22FN5O2S. The summed E-state index contributed by atoms with van der Waals surface area (Å²) < 4.78 is 38.7. The number of hydrogen-bond donors (Lipinski definition) is 3. The summed E-state index contributed by atoms with van der Waals surface area (Å²) in [5, 5.41) is 12.9. The minimum atomic E-state index is -3.93. The predicted molar refractivity (Wildman–Crippen MR) is 136 cm³/mol. The molecule has 0 radical (unpaired) electrons. The molecule has 0 spiro atoms. The Morgan fingerprint density at radius 1 is 0.971 bits per heavy atom. The fraction of sp³-hybridized carbons (Fsp3) is 0.0769. The second-order valence-electron chi connectivity index (χ2n) is 8.27. The number of halogens is 1. The van der Waals surface area contributed by atoms with Crippen LogP contribution in [0.1, 0.15) is 12.0 Å². The van der Waals surface area contributed by atoms with Crippen molar-refractivity contribution in [3.63, 3.8) is 0 Å². The molecule has 1 unspecified atom stereocenters. The van der Waals surface area contributed by atoms with Gasteiger partial charge in [0.05, 0.1) is 16.0 Å². The number of rotatable bonds is 6. The molecule has 7 nitrogen and oxygen atoms in total. The summed E-state index contributed by atoms with van der Waals surface area (Å²) in [5.41, 5.74) is 2.71. The Morgan fingerprint density at radius 2 is 1.80 bits per heavy atom. The van der Waals surface area contributed by atoms with E-state index in [0.29, 0.717) is 16.6 Å². The van der Waals surface area contributed by atoms with E-state index in [9.17, 15) is 12.8 Å². The highest BCUT2D eigenvalue weighted by Crippen LogP contribution is 2.40. The van der Waals surface area contributed by atoms with E-state index < -0.39 is 21.4 Å². The van der Waals surface area contributed by atoms with E-state index >= 15 is 0 Å². The third-order valence-corrected chi connectivity index (χ3v) is 6.90. The van der Waals surface area contributed by atoms with Crippen LogP contribution in [0.5, 0.6) is 0 Å². The fourth-order valence-corrected chi connectivity index (χ4v) is 4.91. The van der Waals surface area contributed by atoms with Crippen molar-refractivity contribution in [2.24, 2.45) is 5.14 Å². The van der Waals surface area contributed by atoms with Crippen molar-refractivity contribution in [1.82, 2.24) is 9.97 Å². The number of fused-ring (bicyclic) bond motifs is 1. The third-order valence-electron chi connectivity index (χ3n) is 5.89. The van der Waals surface area contributed by atoms with Crippen LogP contribution < -0.4 is 15.8 Å². The Labute approximate surface area is 202 Å². The third kappa shape index (κ3) is 4.77. The van der Waals surface area contributed by atoms with Crippen LogP contribution in [0.3, 0.4) is 0 Å². The number of sulfonamides is 1. The maximum absolute atomic E-state index is 14.1. The van der Waals surface area contributed by atoms with E-state index in [4.69, 9.17) is 5.14 Å². The summed E-state index contributed by atoms with van der Waals surface area (Å²) in [6.45, 7) is 0. The lowest BCUT2D eigenvalue weighted by Crippen LogP contribution is -2.37. The van der Waals surface area contributed by atoms with Crippen LogP contribution in [0, 0.1) is 5.82 Å². The van der Waals surface area contributed by atoms with Crippen LogP contribution in [0.15, 0.2) is 102 Å². The van der Waals surface area contributed by atoms with Gasteiger partial charge in [0.15, 0.2) is 0 Å². The Morgan fingerprint density at radius 3 is 2.60 bits per heavy atom. The highest BCUT2D eigenvalue weighted by molar-refractivity contribution is 7.93. The maximum atomic E-state index is 14.1. The van der Waals surface area contributed by atoms with Gasteiger partial charge in [-0.15, -0.1) is 0 Å². The molecule has 5 rings (SSSR count). The molecule has 4 aromatic rings. The van der Waals surface area contributed by atoms with Gasteiger partial charge in [-0.3, -0.25) is 9.97 Å². The normalized spacial score (nSPS) is 17.7. The zero-order valence-corrected chi connectivity index (χ0v) is 19.3. The highest BCUT2D eigenvalue weighted by atomic mass is 32.2. The summed E-state index contributed by atoms with van der Waals surface area (Å²) in [6, 6.07) is 17.4. The minimum Gasteiger partial charge on any atom is -0.371 e. The van der Waals surface area contributed by atoms with Gasteiger partial charge in [0.1, 0.15) is 5.82 Å². The molecule has 1 atom stereocenters. The molecule has 2 heterocycles. The summed E-state index contributed by atoms with van der Waals surface area (Å²) in [7, 11) is -3.93. The van der Waals surface area contributed by atoms with E-state index in [1.165, 1.54) is 18.2 Å². The summed E-state index contributed by atoms with van der Waals surface area (Å²) >= 11 is 0. The average Bonchev–Trinajstić information content (AvgIpc) is 2.85. The molecule has 1 aliphatic carbocycles. The lowest BCUT2D eigenvalue weighted by molar-refractivity contribution is 0.580. The van der Waals surface area contributed by atoms with Crippen molar-refractivity contribution in [2.45, 2.75) is 12.0 Å². The molecule has 9 heteroatoms. The van der Waals surface area contributed by atoms with Crippen LogP contribution in [-0.4, -0.2) is 18.4 Å². The zero-order chi connectivity index (χ0) is 24.5. The van der Waals surface area contributed by atoms with E-state index in [2.05, 4.69) is 20.6 Å². The molecule has 0 amide bonds. The molecule has 0 saturated heterocycles. The molecule has 0 saturated carbocycles. The van der Waals surface area contributed by atoms with E-state index in [1.54, 1.807) is 36.8 Å². The first-order valence-electron chi connectivity index (χ1n) is 10.8. The largest absolute Gasteiger partial charge is 0.371 e. The summed E-state index contributed by atoms with van der Waals surface area (Å²) in [5.74, 6) is -0.393. The van der Waals surface area contributed by atoms with Crippen molar-refractivity contribution in [3.8, 4) is 0 Å². The van der Waals surface area contributed by atoms with Gasteiger partial charge in [-0.05, 0) is 60.2 Å². The van der Waals surface area contributed by atoms with Gasteiger partial charge in [-0.25, -0.2) is 17.9 Å². The molecule has 0 fully saturated rings. The first kappa shape index (κ1) is 22.7. The number of anilines is 3. The molecule has 35 heavy (non-hydrogen) atoms. The van der Waals surface area contributed by atoms with Gasteiger partial charge < -0.3 is 10.6 Å². The number of benzene rings is 2. The number of nitrogens with one attached hydrogen (secondary N) is 2. The SMILES string of the molecule is NS(=O)(=O)C1=CC=CC(Nc2ccnc3ccc(F)cc23)(c2cccc(Nc3ccncc3)c2)C1. The minimum absolute atomic E-state index is 0.0696. The first-order chi connectivity index (χ1) is 16.8. The van der Waals surface area contributed by atoms with E-state index in [-0.39, 0.29) is 11.3 Å². The second-order valence-corrected chi connectivity index (χ2v) is 9.89. The Hall–Kier alpha value is -4.08. The van der Waals surface area contributed by atoms with Crippen LogP contribution in [-0.2, 0) is 15.6 Å². The number of nitrogens with zero attached hydrogens (tertiary/aromatic N) is 2. The van der Waals surface area contributed by atoms with Crippen molar-refractivity contribution in [3.05, 3.63) is 114 Å². The van der Waals surface area contributed by atoms with Gasteiger partial charge in [-0.2, -0.15) is 0 Å². The highest BCUT2D eigenvalue weighted by Gasteiger charge is 2.35. The van der Waals surface area contributed by atoms with Gasteiger partial charge in [0.25, 0.3) is 0 Å². The lowest BCUT2D eigenvalue weighted by atomic mass is 9.83. The molecule has 2 aromatic heterocycles. The van der Waals surface area contributed by atoms with Crippen molar-refractivity contribution >= 4 is 38.0 Å². The summed E-state index contributed by atoms with van der Waals surface area (Å²) in [6.07, 6.45) is 10.1. The predicted octanol–water partition coefficient (Wildman–Crippen LogP) is 4.95. The fourth-order valence-electron chi connectivity index (χ4n) is 4.21. The summed E-state index contributed by atoms with van der Waals surface area (Å²) in [4.78, 5) is 8.44. The monoisotopic (exact) mass is 487 g/mol. The Balaban J connectivity index is 1.61. The molecule has 2 aromatic carbocycles. The molecule has 1 aliphatic rings. The molecule has 0 aliphatic heterocycles. The van der Waals surface area contributed by atoms with Crippen LogP contribution >= 0.6 is 0 Å². The molecule has 4 N–H and O–H groups in total.